The lowest BCUT2D eigenvalue weighted by Gasteiger charge is -2.23. The van der Waals surface area contributed by atoms with E-state index in [9.17, 15) is 4.79 Å². The lowest BCUT2D eigenvalue weighted by Crippen LogP contribution is -2.35. The second-order valence-corrected chi connectivity index (χ2v) is 5.77. The Morgan fingerprint density at radius 2 is 1.67 bits per heavy atom. The highest BCUT2D eigenvalue weighted by molar-refractivity contribution is 6.08. The van der Waals surface area contributed by atoms with Crippen LogP contribution in [-0.2, 0) is 6.42 Å². The number of hydrogen-bond donors (Lipinski definition) is 0. The molecule has 24 heavy (non-hydrogen) atoms. The fourth-order valence-electron chi connectivity index (χ4n) is 3.22. The number of fused-ring (bicyclic) bond motifs is 1. The smallest absolute Gasteiger partial charge is 0.258 e. The van der Waals surface area contributed by atoms with Crippen molar-refractivity contribution in [3.05, 3.63) is 47.5 Å². The van der Waals surface area contributed by atoms with Crippen molar-refractivity contribution in [3.8, 4) is 17.2 Å². The highest BCUT2D eigenvalue weighted by atomic mass is 16.5. The molecule has 0 saturated heterocycles. The van der Waals surface area contributed by atoms with Crippen LogP contribution >= 0.6 is 0 Å². The Hall–Kier alpha value is -2.69. The highest BCUT2D eigenvalue weighted by Gasteiger charge is 2.32. The molecule has 1 aliphatic heterocycles. The van der Waals surface area contributed by atoms with Crippen LogP contribution in [0.2, 0.25) is 0 Å². The Morgan fingerprint density at radius 3 is 2.25 bits per heavy atom. The van der Waals surface area contributed by atoms with E-state index in [1.54, 1.807) is 33.5 Å². The number of rotatable bonds is 4. The van der Waals surface area contributed by atoms with Crippen LogP contribution in [0, 0.1) is 0 Å². The van der Waals surface area contributed by atoms with Crippen LogP contribution in [0.1, 0.15) is 22.8 Å². The molecule has 0 N–H and O–H groups in total. The summed E-state index contributed by atoms with van der Waals surface area (Å²) in [7, 11) is 4.62. The van der Waals surface area contributed by atoms with Crippen molar-refractivity contribution in [2.45, 2.75) is 19.4 Å². The standard InChI is InChI=1S/C19H21NO4/c1-12-9-13-7-5-6-8-15(13)20(12)19(21)14-10-16(22-2)18(24-4)17(11-14)23-3/h5-8,10-12H,9H2,1-4H3. The first-order valence-corrected chi connectivity index (χ1v) is 7.82. The van der Waals surface area contributed by atoms with Crippen LogP contribution in [0.15, 0.2) is 36.4 Å². The van der Waals surface area contributed by atoms with Gasteiger partial charge >= 0.3 is 0 Å². The molecule has 1 aliphatic rings. The number of methoxy groups -OCH3 is 3. The first-order valence-electron chi connectivity index (χ1n) is 7.82. The molecule has 0 bridgehead atoms. The minimum Gasteiger partial charge on any atom is -0.493 e. The van der Waals surface area contributed by atoms with Crippen molar-refractivity contribution in [2.24, 2.45) is 0 Å². The van der Waals surface area contributed by atoms with Crippen molar-refractivity contribution in [1.82, 2.24) is 0 Å². The Labute approximate surface area is 141 Å². The Kier molecular flexibility index (Phi) is 4.34. The number of carbonyl (C=O) groups is 1. The number of nitrogens with zero attached hydrogens (tertiary/aromatic N) is 1. The summed E-state index contributed by atoms with van der Waals surface area (Å²) >= 11 is 0. The van der Waals surface area contributed by atoms with Gasteiger partial charge in [0.05, 0.1) is 21.3 Å². The van der Waals surface area contributed by atoms with Crippen molar-refractivity contribution in [3.63, 3.8) is 0 Å². The van der Waals surface area contributed by atoms with E-state index in [4.69, 9.17) is 14.2 Å². The molecule has 2 aromatic rings. The molecule has 0 radical (unpaired) electrons. The van der Waals surface area contributed by atoms with E-state index in [0.717, 1.165) is 12.1 Å². The first kappa shape index (κ1) is 16.2. The van der Waals surface area contributed by atoms with Crippen LogP contribution in [0.4, 0.5) is 5.69 Å². The monoisotopic (exact) mass is 327 g/mol. The van der Waals surface area contributed by atoms with Gasteiger partial charge in [0.15, 0.2) is 11.5 Å². The molecule has 0 aliphatic carbocycles. The molecule has 126 valence electrons. The summed E-state index contributed by atoms with van der Waals surface area (Å²) in [5.74, 6) is 1.35. The zero-order valence-electron chi connectivity index (χ0n) is 14.3. The van der Waals surface area contributed by atoms with Gasteiger partial charge in [-0.05, 0) is 37.1 Å². The van der Waals surface area contributed by atoms with Crippen molar-refractivity contribution >= 4 is 11.6 Å². The van der Waals surface area contributed by atoms with E-state index in [-0.39, 0.29) is 11.9 Å². The number of amides is 1. The second-order valence-electron chi connectivity index (χ2n) is 5.77. The molecule has 5 nitrogen and oxygen atoms in total. The average molecular weight is 327 g/mol. The normalized spacial score (nSPS) is 15.8. The number of ether oxygens (including phenoxy) is 3. The van der Waals surface area contributed by atoms with E-state index in [0.29, 0.717) is 22.8 Å². The number of hydrogen-bond acceptors (Lipinski definition) is 4. The predicted molar refractivity (Wildman–Crippen MR) is 92.5 cm³/mol. The van der Waals surface area contributed by atoms with E-state index in [1.165, 1.54) is 5.56 Å². The van der Waals surface area contributed by atoms with Gasteiger partial charge in [0.1, 0.15) is 0 Å². The maximum atomic E-state index is 13.1. The van der Waals surface area contributed by atoms with Gasteiger partial charge in [0.25, 0.3) is 5.91 Å². The van der Waals surface area contributed by atoms with Crippen LogP contribution < -0.4 is 19.1 Å². The second kappa shape index (κ2) is 6.43. The van der Waals surface area contributed by atoms with Gasteiger partial charge in [-0.2, -0.15) is 0 Å². The first-order chi connectivity index (χ1) is 11.6. The average Bonchev–Trinajstić information content (AvgIpc) is 2.95. The third-order valence-corrected chi connectivity index (χ3v) is 4.34. The molecule has 1 heterocycles. The SMILES string of the molecule is COc1cc(C(=O)N2c3ccccc3CC2C)cc(OC)c1OC. The molecule has 2 aromatic carbocycles. The van der Waals surface area contributed by atoms with Crippen molar-refractivity contribution in [1.29, 1.82) is 0 Å². The maximum absolute atomic E-state index is 13.1. The molecule has 0 aromatic heterocycles. The molecule has 5 heteroatoms. The lowest BCUT2D eigenvalue weighted by molar-refractivity contribution is 0.0980. The predicted octanol–water partition coefficient (Wildman–Crippen LogP) is 3.30. The Balaban J connectivity index is 2.05. The Morgan fingerprint density at radius 1 is 1.04 bits per heavy atom. The molecule has 0 saturated carbocycles. The van der Waals surface area contributed by atoms with E-state index in [2.05, 4.69) is 13.0 Å². The number of para-hydroxylation sites is 1. The summed E-state index contributed by atoms with van der Waals surface area (Å²) in [6.07, 6.45) is 0.854. The van der Waals surface area contributed by atoms with Crippen molar-refractivity contribution < 1.29 is 19.0 Å². The number of carbonyl (C=O) groups excluding carboxylic acids is 1. The lowest BCUT2D eigenvalue weighted by atomic mass is 10.1. The minimum absolute atomic E-state index is 0.0771. The summed E-state index contributed by atoms with van der Waals surface area (Å²) in [6.45, 7) is 2.05. The molecule has 0 fully saturated rings. The van der Waals surface area contributed by atoms with Gasteiger partial charge in [0.2, 0.25) is 5.75 Å². The summed E-state index contributed by atoms with van der Waals surface area (Å²) in [4.78, 5) is 15.0. The van der Waals surface area contributed by atoms with E-state index in [1.807, 2.05) is 23.1 Å². The zero-order chi connectivity index (χ0) is 17.3. The molecular formula is C19H21NO4. The van der Waals surface area contributed by atoms with Gasteiger partial charge in [-0.1, -0.05) is 18.2 Å². The summed E-state index contributed by atoms with van der Waals surface area (Å²) in [6, 6.07) is 11.5. The van der Waals surface area contributed by atoms with Gasteiger partial charge in [0, 0.05) is 17.3 Å². The van der Waals surface area contributed by atoms with Crippen LogP contribution in [0.3, 0.4) is 0 Å². The number of anilines is 1. The molecular weight excluding hydrogens is 306 g/mol. The largest absolute Gasteiger partial charge is 0.493 e. The maximum Gasteiger partial charge on any atom is 0.258 e. The zero-order valence-corrected chi connectivity index (χ0v) is 14.3. The van der Waals surface area contributed by atoms with E-state index >= 15 is 0 Å². The summed E-state index contributed by atoms with van der Waals surface area (Å²) in [5.41, 5.74) is 2.66. The van der Waals surface area contributed by atoms with Gasteiger partial charge in [-0.25, -0.2) is 0 Å². The topological polar surface area (TPSA) is 48.0 Å². The molecule has 1 amide bonds. The van der Waals surface area contributed by atoms with Crippen molar-refractivity contribution in [2.75, 3.05) is 26.2 Å². The summed E-state index contributed by atoms with van der Waals surface area (Å²) < 4.78 is 16.0. The van der Waals surface area contributed by atoms with Gasteiger partial charge in [-0.3, -0.25) is 4.79 Å². The fourth-order valence-corrected chi connectivity index (χ4v) is 3.22. The van der Waals surface area contributed by atoms with Crippen LogP contribution in [-0.4, -0.2) is 33.3 Å². The fraction of sp³-hybridized carbons (Fsp3) is 0.316. The third-order valence-electron chi connectivity index (χ3n) is 4.34. The molecule has 0 spiro atoms. The molecule has 1 unspecified atom stereocenters. The summed E-state index contributed by atoms with van der Waals surface area (Å²) in [5, 5.41) is 0. The van der Waals surface area contributed by atoms with Gasteiger partial charge < -0.3 is 19.1 Å². The van der Waals surface area contributed by atoms with Crippen LogP contribution in [0.25, 0.3) is 0 Å². The van der Waals surface area contributed by atoms with E-state index < -0.39 is 0 Å². The highest BCUT2D eigenvalue weighted by Crippen LogP contribution is 2.40. The third kappa shape index (κ3) is 2.56. The quantitative estimate of drug-likeness (QED) is 0.864. The minimum atomic E-state index is -0.0771. The van der Waals surface area contributed by atoms with Crippen LogP contribution in [0.5, 0.6) is 17.2 Å². The molecule has 1 atom stereocenters. The van der Waals surface area contributed by atoms with Gasteiger partial charge in [-0.15, -0.1) is 0 Å². The molecule has 3 rings (SSSR count). The Bertz CT molecular complexity index is 747. The number of benzene rings is 2.